The highest BCUT2D eigenvalue weighted by molar-refractivity contribution is 7.66. The van der Waals surface area contributed by atoms with Gasteiger partial charge in [0.1, 0.15) is 43.6 Å². The molecule has 6 atom stereocenters. The summed E-state index contributed by atoms with van der Waals surface area (Å²) in [4.78, 5) is 93.8. The van der Waals surface area contributed by atoms with E-state index in [0.29, 0.717) is 27.9 Å². The van der Waals surface area contributed by atoms with Crippen molar-refractivity contribution in [1.29, 1.82) is 0 Å². The van der Waals surface area contributed by atoms with E-state index in [1.54, 1.807) is 20.8 Å². The molecule has 1 fully saturated rings. The summed E-state index contributed by atoms with van der Waals surface area (Å²) in [5.74, 6) is 3.76. The molecule has 3 heterocycles. The first-order valence-corrected chi connectivity index (χ1v) is 28.0. The quantitative estimate of drug-likeness (QED) is 0.0161. The van der Waals surface area contributed by atoms with E-state index in [4.69, 9.17) is 29.4 Å². The van der Waals surface area contributed by atoms with Crippen LogP contribution in [-0.4, -0.2) is 105 Å². The zero-order valence-corrected chi connectivity index (χ0v) is 45.8. The number of ether oxygens (including phenoxy) is 2. The Morgan fingerprint density at radius 1 is 0.987 bits per heavy atom. The van der Waals surface area contributed by atoms with Gasteiger partial charge < -0.3 is 64.4 Å². The SMILES string of the molecule is CN(C)c1ccc2c(-c3cc(C(=O)NCC#Cc4ccc(C(OCc5cn([C@H]6CC(O)[C@@H](COP(=O)(O)OP(=O)(O)OP(=O)(O)O)O6)c(=O)nc5N)C(C)(C)C)c([N+](=O)[O-])c4)ccc3C(=O)[O-])c3ccc(=[N+](C)C)cc-3oc2c1. The number of phosphoric ester groups is 1. The molecule has 4 aromatic rings. The maximum absolute atomic E-state index is 13.7. The number of fused-ring (bicyclic) bond motifs is 2. The number of nitrogens with two attached hydrogens (primary N) is 1. The molecule has 3 aromatic carbocycles. The van der Waals surface area contributed by atoms with Crippen molar-refractivity contribution >= 4 is 63.5 Å². The molecule has 3 aliphatic rings. The second kappa shape index (κ2) is 23.4. The van der Waals surface area contributed by atoms with Crippen molar-refractivity contribution < 1.29 is 85.0 Å². The number of nitrogen functional groups attached to an aromatic ring is 1. The lowest BCUT2D eigenvalue weighted by atomic mass is 9.83. The monoisotopic (exact) mass is 1150 g/mol. The molecule has 1 saturated heterocycles. The van der Waals surface area contributed by atoms with Crippen LogP contribution in [-0.2, 0) is 42.9 Å². The second-order valence-electron chi connectivity index (χ2n) is 19.4. The summed E-state index contributed by atoms with van der Waals surface area (Å²) in [5, 5.41) is 40.0. The molecule has 2 aliphatic heterocycles. The van der Waals surface area contributed by atoms with Gasteiger partial charge in [0.25, 0.3) is 11.6 Å². The topological polar surface area (TPSA) is 391 Å². The summed E-state index contributed by atoms with van der Waals surface area (Å²) in [5.41, 5.74) is 6.95. The maximum Gasteiger partial charge on any atom is 0.490 e. The summed E-state index contributed by atoms with van der Waals surface area (Å²) < 4.78 is 67.9. The van der Waals surface area contributed by atoms with E-state index >= 15 is 0 Å². The van der Waals surface area contributed by atoms with Gasteiger partial charge in [-0.15, -0.1) is 0 Å². The van der Waals surface area contributed by atoms with Crippen LogP contribution < -0.4 is 36.7 Å². The van der Waals surface area contributed by atoms with Crippen LogP contribution in [0.3, 0.4) is 0 Å². The van der Waals surface area contributed by atoms with Crippen LogP contribution in [0, 0.1) is 27.4 Å². The molecule has 1 aromatic heterocycles. The summed E-state index contributed by atoms with van der Waals surface area (Å²) in [7, 11) is -9.57. The van der Waals surface area contributed by atoms with Crippen LogP contribution in [0.2, 0.25) is 0 Å². The number of amides is 1. The summed E-state index contributed by atoms with van der Waals surface area (Å²) in [6, 6.07) is 19.4. The number of hydrogen-bond acceptors (Lipinski definition) is 19. The standard InChI is InChI=1S/C49H54N7O20P3/c1-49(2,3)44(71-25-29-24-55(48(61)52-45(29)50)42-23-38(57)41(74-42)26-72-78(67,68)76-79(69,70)75-77(64,65)66)33-14-10-27(19-37(33)56(62)63)9-8-18-51-46(58)28-11-15-32(47(59)60)36(20-28)43-34-16-12-30(53(4)5)21-39(34)73-40-22-31(54(6)7)13-17-35(40)43/h10-17,19-22,24,38,41-42,44,57H,18,23,25-26H2,1-7H3,(H7-,50,51,52,58,59,60,61,64,65,66,67,68,69,70)/t38?,41-,42-,44?/m1/s1. The normalized spacial score (nSPS) is 17.5. The molecular weight excluding hydrogens is 1100 g/mol. The highest BCUT2D eigenvalue weighted by atomic mass is 31.3. The molecule has 7 rings (SSSR count). The van der Waals surface area contributed by atoms with E-state index < -0.39 is 82.5 Å². The van der Waals surface area contributed by atoms with Crippen LogP contribution in [0.5, 0.6) is 0 Å². The van der Waals surface area contributed by atoms with Gasteiger partial charge in [0.15, 0.2) is 0 Å². The number of aliphatic hydroxyl groups excluding tert-OH is 1. The Morgan fingerprint density at radius 2 is 1.71 bits per heavy atom. The molecule has 4 unspecified atom stereocenters. The lowest BCUT2D eigenvalue weighted by Crippen LogP contribution is -2.30. The Bertz CT molecular complexity index is 3710. The van der Waals surface area contributed by atoms with Crippen LogP contribution in [0.25, 0.3) is 33.4 Å². The van der Waals surface area contributed by atoms with Crippen molar-refractivity contribution in [3.05, 3.63) is 133 Å². The van der Waals surface area contributed by atoms with Gasteiger partial charge in [-0.2, -0.15) is 13.6 Å². The minimum Gasteiger partial charge on any atom is -0.545 e. The average Bonchev–Trinajstić information content (AvgIpc) is 3.72. The van der Waals surface area contributed by atoms with Crippen molar-refractivity contribution in [2.75, 3.05) is 52.0 Å². The molecule has 8 N–H and O–H groups in total. The van der Waals surface area contributed by atoms with Gasteiger partial charge in [0.2, 0.25) is 5.36 Å². The molecular formula is C49H54N7O20P3. The Hall–Kier alpha value is -6.98. The highest BCUT2D eigenvalue weighted by Crippen LogP contribution is 2.66. The van der Waals surface area contributed by atoms with Gasteiger partial charge in [-0.1, -0.05) is 38.7 Å². The Labute approximate surface area is 449 Å². The van der Waals surface area contributed by atoms with E-state index in [0.717, 1.165) is 15.6 Å². The van der Waals surface area contributed by atoms with Crippen molar-refractivity contribution in [2.24, 2.45) is 5.41 Å². The van der Waals surface area contributed by atoms with E-state index in [1.807, 2.05) is 74.1 Å². The summed E-state index contributed by atoms with van der Waals surface area (Å²) in [6.07, 6.45) is -4.44. The van der Waals surface area contributed by atoms with Gasteiger partial charge >= 0.3 is 29.2 Å². The largest absolute Gasteiger partial charge is 0.545 e. The van der Waals surface area contributed by atoms with E-state index in [9.17, 15) is 58.2 Å². The van der Waals surface area contributed by atoms with Gasteiger partial charge in [-0.25, -0.2) is 23.1 Å². The third-order valence-electron chi connectivity index (χ3n) is 12.2. The van der Waals surface area contributed by atoms with Crippen molar-refractivity contribution in [3.8, 4) is 34.3 Å². The molecule has 30 heteroatoms. The number of nitro groups is 1. The highest BCUT2D eigenvalue weighted by Gasteiger charge is 2.43. The van der Waals surface area contributed by atoms with Gasteiger partial charge in [-0.05, 0) is 53.4 Å². The average molecular weight is 1150 g/mol. The lowest BCUT2D eigenvalue weighted by Gasteiger charge is -2.31. The molecule has 0 radical (unpaired) electrons. The van der Waals surface area contributed by atoms with Crippen LogP contribution in [0.15, 0.2) is 88.2 Å². The van der Waals surface area contributed by atoms with Gasteiger partial charge in [-0.3, -0.25) is 24.0 Å². The Morgan fingerprint density at radius 3 is 2.35 bits per heavy atom. The number of carbonyl (C=O) groups excluding carboxylic acids is 2. The molecule has 0 saturated carbocycles. The Kier molecular flexibility index (Phi) is 17.7. The first kappa shape index (κ1) is 59.7. The van der Waals surface area contributed by atoms with E-state index in [2.05, 4.69) is 35.3 Å². The van der Waals surface area contributed by atoms with Gasteiger partial charge in [0.05, 0.1) is 54.5 Å². The number of hydrogen-bond donors (Lipinski definition) is 7. The number of phosphoric acid groups is 3. The van der Waals surface area contributed by atoms with E-state index in [-0.39, 0.29) is 64.5 Å². The van der Waals surface area contributed by atoms with Crippen LogP contribution in [0.4, 0.5) is 17.2 Å². The number of anilines is 2. The molecule has 420 valence electrons. The number of aliphatic hydroxyl groups is 1. The molecule has 27 nitrogen and oxygen atoms in total. The first-order valence-electron chi connectivity index (χ1n) is 23.5. The minimum absolute atomic E-state index is 0.0947. The zero-order valence-electron chi connectivity index (χ0n) is 43.2. The van der Waals surface area contributed by atoms with Crippen LogP contribution >= 0.6 is 23.5 Å². The predicted molar refractivity (Wildman–Crippen MR) is 281 cm³/mol. The third kappa shape index (κ3) is 14.4. The zero-order chi connectivity index (χ0) is 58.1. The second-order valence-corrected chi connectivity index (χ2v) is 23.8. The molecule has 0 spiro atoms. The maximum atomic E-state index is 13.7. The summed E-state index contributed by atoms with van der Waals surface area (Å²) in [6.45, 7) is 3.66. The van der Waals surface area contributed by atoms with Crippen molar-refractivity contribution in [2.45, 2.75) is 58.3 Å². The fourth-order valence-corrected chi connectivity index (χ4v) is 11.5. The molecule has 1 aliphatic carbocycles. The smallest absolute Gasteiger partial charge is 0.490 e. The number of nitrogens with zero attached hydrogens (tertiary/aromatic N) is 5. The number of carbonyl (C=O) groups is 2. The van der Waals surface area contributed by atoms with Crippen LogP contribution in [0.1, 0.15) is 76.9 Å². The number of nitro benzene ring substituents is 1. The number of carboxylic acids is 1. The fraction of sp³-hybridized carbons (Fsp3) is 0.327. The van der Waals surface area contributed by atoms with Gasteiger partial charge in [0, 0.05) is 89.4 Å². The van der Waals surface area contributed by atoms with E-state index in [1.165, 1.54) is 42.6 Å². The number of carboxylic acid groups (broad SMARTS) is 1. The number of aromatic nitrogens is 2. The predicted octanol–water partition coefficient (Wildman–Crippen LogP) is 3.79. The first-order chi connectivity index (χ1) is 36.8. The van der Waals surface area contributed by atoms with Crippen molar-refractivity contribution in [1.82, 2.24) is 19.4 Å². The fourth-order valence-electron chi connectivity index (χ4n) is 8.48. The number of rotatable bonds is 18. The molecule has 0 bridgehead atoms. The molecule has 1 amide bonds. The summed E-state index contributed by atoms with van der Waals surface area (Å²) >= 11 is 0. The Balaban J connectivity index is 1.07. The number of benzene rings is 4. The lowest BCUT2D eigenvalue weighted by molar-refractivity contribution is -0.386. The molecule has 79 heavy (non-hydrogen) atoms. The minimum atomic E-state index is -5.83. The number of aromatic carboxylic acids is 1. The third-order valence-corrected chi connectivity index (χ3v) is 16.0. The van der Waals surface area contributed by atoms with Crippen molar-refractivity contribution in [3.63, 3.8) is 0 Å². The number of nitrogens with one attached hydrogen (secondary N) is 1.